The monoisotopic (exact) mass is 388 g/mol. The van der Waals surface area contributed by atoms with Gasteiger partial charge in [0.2, 0.25) is 12.7 Å². The van der Waals surface area contributed by atoms with Gasteiger partial charge in [0, 0.05) is 18.0 Å². The maximum Gasteiger partial charge on any atom is 0.253 e. The Labute approximate surface area is 162 Å². The summed E-state index contributed by atoms with van der Waals surface area (Å²) in [6.07, 6.45) is 1.64. The number of carbonyl (C=O) groups is 2. The summed E-state index contributed by atoms with van der Waals surface area (Å²) in [5.74, 6) is 0.974. The van der Waals surface area contributed by atoms with Gasteiger partial charge < -0.3 is 20.1 Å². The fourth-order valence-electron chi connectivity index (χ4n) is 2.72. The lowest BCUT2D eigenvalue weighted by atomic mass is 10.1. The second-order valence-corrected chi connectivity index (χ2v) is 6.62. The van der Waals surface area contributed by atoms with Crippen molar-refractivity contribution in [3.8, 4) is 11.5 Å². The summed E-state index contributed by atoms with van der Waals surface area (Å²) >= 11 is 6.03. The molecule has 0 saturated heterocycles. The van der Waals surface area contributed by atoms with Crippen LogP contribution in [0.15, 0.2) is 36.4 Å². The van der Waals surface area contributed by atoms with Crippen molar-refractivity contribution in [2.45, 2.75) is 26.2 Å². The van der Waals surface area contributed by atoms with Crippen molar-refractivity contribution in [1.82, 2.24) is 5.32 Å². The minimum atomic E-state index is -0.236. The maximum absolute atomic E-state index is 12.4. The predicted octanol–water partition coefficient (Wildman–Crippen LogP) is 3.78. The Morgan fingerprint density at radius 2 is 1.93 bits per heavy atom. The zero-order valence-corrected chi connectivity index (χ0v) is 15.8. The Morgan fingerprint density at radius 3 is 2.74 bits per heavy atom. The second-order valence-electron chi connectivity index (χ2n) is 6.18. The van der Waals surface area contributed by atoms with Crippen LogP contribution in [0.1, 0.15) is 35.7 Å². The van der Waals surface area contributed by atoms with Crippen LogP contribution in [0, 0.1) is 0 Å². The molecule has 0 fully saturated rings. The van der Waals surface area contributed by atoms with E-state index in [0.29, 0.717) is 40.7 Å². The van der Waals surface area contributed by atoms with Crippen molar-refractivity contribution < 1.29 is 19.1 Å². The molecule has 1 aliphatic heterocycles. The van der Waals surface area contributed by atoms with Gasteiger partial charge in [-0.2, -0.15) is 0 Å². The molecule has 2 amide bonds. The molecule has 2 aromatic rings. The van der Waals surface area contributed by atoms with Gasteiger partial charge in [0.1, 0.15) is 0 Å². The number of nitrogens with one attached hydrogen (secondary N) is 2. The van der Waals surface area contributed by atoms with Crippen molar-refractivity contribution in [1.29, 1.82) is 0 Å². The van der Waals surface area contributed by atoms with Crippen LogP contribution in [-0.2, 0) is 11.2 Å². The third kappa shape index (κ3) is 4.92. The van der Waals surface area contributed by atoms with Gasteiger partial charge in [0.15, 0.2) is 11.5 Å². The molecule has 0 unspecified atom stereocenters. The van der Waals surface area contributed by atoms with Gasteiger partial charge in [-0.1, -0.05) is 24.6 Å². The number of fused-ring (bicyclic) bond motifs is 1. The van der Waals surface area contributed by atoms with Crippen LogP contribution in [0.5, 0.6) is 11.5 Å². The summed E-state index contributed by atoms with van der Waals surface area (Å²) < 4.78 is 10.6. The van der Waals surface area contributed by atoms with Crippen molar-refractivity contribution in [3.63, 3.8) is 0 Å². The minimum absolute atomic E-state index is 0.195. The zero-order valence-electron chi connectivity index (χ0n) is 15.0. The molecule has 3 rings (SSSR count). The van der Waals surface area contributed by atoms with Gasteiger partial charge in [0.05, 0.1) is 11.3 Å². The number of hydrogen-bond acceptors (Lipinski definition) is 4. The highest BCUT2D eigenvalue weighted by Gasteiger charge is 2.16. The van der Waals surface area contributed by atoms with Crippen molar-refractivity contribution in [2.24, 2.45) is 0 Å². The molecular formula is C20H21ClN2O4. The van der Waals surface area contributed by atoms with Crippen molar-refractivity contribution in [3.05, 3.63) is 52.5 Å². The van der Waals surface area contributed by atoms with Gasteiger partial charge in [-0.15, -0.1) is 0 Å². The Morgan fingerprint density at radius 1 is 1.11 bits per heavy atom. The van der Waals surface area contributed by atoms with Crippen molar-refractivity contribution in [2.75, 3.05) is 18.7 Å². The molecule has 7 heteroatoms. The SMILES string of the molecule is CCCNC(=O)c1ccc(Cl)cc1NC(=O)CCc1ccc2c(c1)OCO2. The number of aryl methyl sites for hydroxylation is 1. The Kier molecular flexibility index (Phi) is 6.19. The summed E-state index contributed by atoms with van der Waals surface area (Å²) in [6, 6.07) is 10.4. The quantitative estimate of drug-likeness (QED) is 0.756. The van der Waals surface area contributed by atoms with Gasteiger partial charge in [0.25, 0.3) is 5.91 Å². The Balaban J connectivity index is 1.63. The molecular weight excluding hydrogens is 368 g/mol. The van der Waals surface area contributed by atoms with E-state index in [4.69, 9.17) is 21.1 Å². The molecule has 0 saturated carbocycles. The van der Waals surface area contributed by atoms with Crippen LogP contribution in [-0.4, -0.2) is 25.2 Å². The molecule has 0 radical (unpaired) electrons. The van der Waals surface area contributed by atoms with E-state index in [-0.39, 0.29) is 25.0 Å². The fourth-order valence-corrected chi connectivity index (χ4v) is 2.89. The van der Waals surface area contributed by atoms with E-state index in [1.54, 1.807) is 18.2 Å². The molecule has 2 N–H and O–H groups in total. The van der Waals surface area contributed by atoms with E-state index < -0.39 is 0 Å². The van der Waals surface area contributed by atoms with Crippen LogP contribution >= 0.6 is 11.6 Å². The number of hydrogen-bond donors (Lipinski definition) is 2. The lowest BCUT2D eigenvalue weighted by Gasteiger charge is -2.12. The molecule has 142 valence electrons. The first-order valence-corrected chi connectivity index (χ1v) is 9.20. The topological polar surface area (TPSA) is 76.7 Å². The number of halogens is 1. The lowest BCUT2D eigenvalue weighted by molar-refractivity contribution is -0.116. The molecule has 6 nitrogen and oxygen atoms in total. The Bertz CT molecular complexity index is 854. The highest BCUT2D eigenvalue weighted by atomic mass is 35.5. The first kappa shape index (κ1) is 19.0. The molecule has 0 bridgehead atoms. The molecule has 27 heavy (non-hydrogen) atoms. The second kappa shape index (κ2) is 8.77. The molecule has 0 aromatic heterocycles. The number of amides is 2. The standard InChI is InChI=1S/C20H21ClN2O4/c1-2-9-22-20(25)15-6-5-14(21)11-16(15)23-19(24)8-4-13-3-7-17-18(10-13)27-12-26-17/h3,5-7,10-11H,2,4,8-9,12H2,1H3,(H,22,25)(H,23,24). The van der Waals surface area contributed by atoms with E-state index in [1.807, 2.05) is 25.1 Å². The summed E-state index contributed by atoms with van der Waals surface area (Å²) in [5, 5.41) is 6.05. The smallest absolute Gasteiger partial charge is 0.253 e. The number of ether oxygens (including phenoxy) is 2. The molecule has 0 atom stereocenters. The van der Waals surface area contributed by atoms with Crippen molar-refractivity contribution >= 4 is 29.1 Å². The number of anilines is 1. The molecule has 1 aliphatic rings. The van der Waals surface area contributed by atoms with Crippen LogP contribution in [0.2, 0.25) is 5.02 Å². The van der Waals surface area contributed by atoms with Crippen LogP contribution in [0.4, 0.5) is 5.69 Å². The fraction of sp³-hybridized carbons (Fsp3) is 0.300. The minimum Gasteiger partial charge on any atom is -0.454 e. The summed E-state index contributed by atoms with van der Waals surface area (Å²) in [6.45, 7) is 2.76. The maximum atomic E-state index is 12.4. The third-order valence-corrected chi connectivity index (χ3v) is 4.35. The van der Waals surface area contributed by atoms with Gasteiger partial charge >= 0.3 is 0 Å². The Hall–Kier alpha value is -2.73. The van der Waals surface area contributed by atoms with E-state index in [0.717, 1.165) is 12.0 Å². The van der Waals surface area contributed by atoms with E-state index in [2.05, 4.69) is 10.6 Å². The molecule has 2 aromatic carbocycles. The third-order valence-electron chi connectivity index (χ3n) is 4.11. The largest absolute Gasteiger partial charge is 0.454 e. The highest BCUT2D eigenvalue weighted by molar-refractivity contribution is 6.31. The summed E-state index contributed by atoms with van der Waals surface area (Å²) in [4.78, 5) is 24.7. The van der Waals surface area contributed by atoms with E-state index >= 15 is 0 Å². The average Bonchev–Trinajstić information content (AvgIpc) is 3.12. The highest BCUT2D eigenvalue weighted by Crippen LogP contribution is 2.32. The molecule has 0 aliphatic carbocycles. The van der Waals surface area contributed by atoms with Gasteiger partial charge in [-0.25, -0.2) is 0 Å². The normalized spacial score (nSPS) is 11.9. The van der Waals surface area contributed by atoms with E-state index in [1.165, 1.54) is 0 Å². The number of benzene rings is 2. The molecule has 0 spiro atoms. The lowest BCUT2D eigenvalue weighted by Crippen LogP contribution is -2.25. The number of carbonyl (C=O) groups excluding carboxylic acids is 2. The summed E-state index contributed by atoms with van der Waals surface area (Å²) in [7, 11) is 0. The first-order chi connectivity index (χ1) is 13.1. The van der Waals surface area contributed by atoms with Crippen LogP contribution < -0.4 is 20.1 Å². The zero-order chi connectivity index (χ0) is 19.2. The van der Waals surface area contributed by atoms with E-state index in [9.17, 15) is 9.59 Å². The average molecular weight is 389 g/mol. The number of rotatable bonds is 7. The van der Waals surface area contributed by atoms with Crippen LogP contribution in [0.25, 0.3) is 0 Å². The summed E-state index contributed by atoms with van der Waals surface area (Å²) in [5.41, 5.74) is 1.78. The first-order valence-electron chi connectivity index (χ1n) is 8.83. The predicted molar refractivity (Wildman–Crippen MR) is 104 cm³/mol. The molecule has 1 heterocycles. The van der Waals surface area contributed by atoms with Gasteiger partial charge in [-0.05, 0) is 48.7 Å². The van der Waals surface area contributed by atoms with Crippen LogP contribution in [0.3, 0.4) is 0 Å². The van der Waals surface area contributed by atoms with Gasteiger partial charge in [-0.3, -0.25) is 9.59 Å².